The molecule has 0 saturated carbocycles. The van der Waals surface area contributed by atoms with E-state index in [1.807, 2.05) is 18.3 Å². The highest BCUT2D eigenvalue weighted by molar-refractivity contribution is 7.11. The van der Waals surface area contributed by atoms with Crippen LogP contribution in [0, 0.1) is 0 Å². The van der Waals surface area contributed by atoms with Crippen molar-refractivity contribution in [1.82, 2.24) is 15.2 Å². The third kappa shape index (κ3) is 5.16. The zero-order chi connectivity index (χ0) is 19.8. The van der Waals surface area contributed by atoms with Crippen molar-refractivity contribution in [3.8, 4) is 5.75 Å². The highest BCUT2D eigenvalue weighted by Gasteiger charge is 2.21. The number of nitrogens with zero attached hydrogens (tertiary/aromatic N) is 4. The van der Waals surface area contributed by atoms with E-state index in [1.165, 1.54) is 15.6 Å². The molecule has 2 aromatic rings. The topological polar surface area (TPSA) is 53.0 Å². The molecule has 1 fully saturated rings. The Balaban J connectivity index is 1.57. The van der Waals surface area contributed by atoms with Gasteiger partial charge in [-0.25, -0.2) is 4.98 Å². The number of aromatic nitrogens is 1. The standard InChI is InChI=1S/C21H31N5OS/c1-4-17-16-24-20(28-17)10-11-23-21(22-5-2)26-14-12-25(13-15-26)18-8-6-7-9-19(18)27-3/h6-9,16H,4-5,10-15H2,1-3H3,(H,22,23). The summed E-state index contributed by atoms with van der Waals surface area (Å²) in [5, 5.41) is 4.63. The van der Waals surface area contributed by atoms with Crippen molar-refractivity contribution in [2.24, 2.45) is 4.99 Å². The zero-order valence-electron chi connectivity index (χ0n) is 17.1. The van der Waals surface area contributed by atoms with E-state index in [1.54, 1.807) is 18.4 Å². The minimum atomic E-state index is 0.770. The average molecular weight is 402 g/mol. The fraction of sp³-hybridized carbons (Fsp3) is 0.524. The summed E-state index contributed by atoms with van der Waals surface area (Å²) in [4.78, 5) is 15.4. The molecule has 0 radical (unpaired) electrons. The number of anilines is 1. The molecule has 1 N–H and O–H groups in total. The van der Waals surface area contributed by atoms with Gasteiger partial charge in [0.2, 0.25) is 0 Å². The predicted molar refractivity (Wildman–Crippen MR) is 118 cm³/mol. The molecule has 0 amide bonds. The van der Waals surface area contributed by atoms with Gasteiger partial charge in [-0.1, -0.05) is 19.1 Å². The Hall–Kier alpha value is -2.28. The van der Waals surface area contributed by atoms with Gasteiger partial charge in [-0.15, -0.1) is 11.3 Å². The molecular formula is C21H31N5OS. The molecule has 0 spiro atoms. The highest BCUT2D eigenvalue weighted by Crippen LogP contribution is 2.28. The molecule has 1 aromatic carbocycles. The maximum atomic E-state index is 5.52. The van der Waals surface area contributed by atoms with Gasteiger partial charge < -0.3 is 19.9 Å². The summed E-state index contributed by atoms with van der Waals surface area (Å²) in [5.74, 6) is 1.95. The second-order valence-electron chi connectivity index (χ2n) is 6.71. The van der Waals surface area contributed by atoms with E-state index in [-0.39, 0.29) is 0 Å². The molecular weight excluding hydrogens is 370 g/mol. The predicted octanol–water partition coefficient (Wildman–Crippen LogP) is 3.04. The number of methoxy groups -OCH3 is 1. The van der Waals surface area contributed by atoms with Gasteiger partial charge in [-0.05, 0) is 25.5 Å². The van der Waals surface area contributed by atoms with Crippen LogP contribution in [0.1, 0.15) is 23.7 Å². The van der Waals surface area contributed by atoms with Crippen LogP contribution < -0.4 is 15.0 Å². The lowest BCUT2D eigenvalue weighted by atomic mass is 10.2. The Morgan fingerprint density at radius 3 is 2.68 bits per heavy atom. The summed E-state index contributed by atoms with van der Waals surface area (Å²) in [6.07, 6.45) is 3.95. The summed E-state index contributed by atoms with van der Waals surface area (Å²) < 4.78 is 5.52. The first-order chi connectivity index (χ1) is 13.7. The molecule has 1 aliphatic heterocycles. The molecule has 1 aromatic heterocycles. The van der Waals surface area contributed by atoms with E-state index >= 15 is 0 Å². The summed E-state index contributed by atoms with van der Waals surface area (Å²) in [7, 11) is 1.73. The van der Waals surface area contributed by atoms with Crippen LogP contribution in [0.4, 0.5) is 5.69 Å². The van der Waals surface area contributed by atoms with Crippen LogP contribution >= 0.6 is 11.3 Å². The number of aliphatic imine (C=N–C) groups is 1. The van der Waals surface area contributed by atoms with Crippen molar-refractivity contribution in [2.75, 3.05) is 51.3 Å². The largest absolute Gasteiger partial charge is 0.495 e. The molecule has 3 rings (SSSR count). The third-order valence-electron chi connectivity index (χ3n) is 4.88. The first-order valence-corrected chi connectivity index (χ1v) is 10.9. The van der Waals surface area contributed by atoms with Gasteiger partial charge in [0.15, 0.2) is 5.96 Å². The maximum absolute atomic E-state index is 5.52. The lowest BCUT2D eigenvalue weighted by Crippen LogP contribution is -2.52. The van der Waals surface area contributed by atoms with E-state index in [9.17, 15) is 0 Å². The van der Waals surface area contributed by atoms with Gasteiger partial charge in [-0.3, -0.25) is 4.99 Å². The van der Waals surface area contributed by atoms with Gasteiger partial charge in [0.05, 0.1) is 17.8 Å². The molecule has 0 atom stereocenters. The van der Waals surface area contributed by atoms with Crippen LogP contribution in [0.3, 0.4) is 0 Å². The van der Waals surface area contributed by atoms with Crippen LogP contribution in [-0.4, -0.2) is 62.2 Å². The number of piperazine rings is 1. The third-order valence-corrected chi connectivity index (χ3v) is 6.08. The number of rotatable bonds is 7. The Morgan fingerprint density at radius 2 is 2.00 bits per heavy atom. The van der Waals surface area contributed by atoms with Crippen molar-refractivity contribution in [1.29, 1.82) is 0 Å². The van der Waals surface area contributed by atoms with Crippen molar-refractivity contribution in [3.05, 3.63) is 40.3 Å². The van der Waals surface area contributed by atoms with E-state index in [0.29, 0.717) is 0 Å². The van der Waals surface area contributed by atoms with Crippen molar-refractivity contribution in [3.63, 3.8) is 0 Å². The van der Waals surface area contributed by atoms with Gasteiger partial charge in [-0.2, -0.15) is 0 Å². The van der Waals surface area contributed by atoms with Gasteiger partial charge in [0.1, 0.15) is 5.75 Å². The number of hydrogen-bond acceptors (Lipinski definition) is 5. The molecule has 6 nitrogen and oxygen atoms in total. The van der Waals surface area contributed by atoms with E-state index in [2.05, 4.69) is 46.1 Å². The van der Waals surface area contributed by atoms with Crippen LogP contribution in [0.25, 0.3) is 0 Å². The first kappa shape index (κ1) is 20.5. The van der Waals surface area contributed by atoms with Crippen molar-refractivity contribution in [2.45, 2.75) is 26.7 Å². The van der Waals surface area contributed by atoms with Gasteiger partial charge >= 0.3 is 0 Å². The molecule has 1 saturated heterocycles. The SMILES string of the molecule is CCNC(=NCCc1ncc(CC)s1)N1CCN(c2ccccc2OC)CC1. The Bertz CT molecular complexity index is 768. The Kier molecular flexibility index (Phi) is 7.54. The maximum Gasteiger partial charge on any atom is 0.194 e. The molecule has 2 heterocycles. The number of guanidine groups is 1. The number of aryl methyl sites for hydroxylation is 1. The van der Waals surface area contributed by atoms with Crippen molar-refractivity contribution >= 4 is 23.0 Å². The number of nitrogens with one attached hydrogen (secondary N) is 1. The van der Waals surface area contributed by atoms with Gasteiger partial charge in [0.25, 0.3) is 0 Å². The highest BCUT2D eigenvalue weighted by atomic mass is 32.1. The quantitative estimate of drug-likeness (QED) is 0.571. The summed E-state index contributed by atoms with van der Waals surface area (Å²) in [6.45, 7) is 9.74. The minimum Gasteiger partial charge on any atom is -0.495 e. The van der Waals surface area contributed by atoms with Crippen LogP contribution in [0.2, 0.25) is 0 Å². The number of thiazole rings is 1. The van der Waals surface area contributed by atoms with Gasteiger partial charge in [0, 0.05) is 56.8 Å². The monoisotopic (exact) mass is 401 g/mol. The summed E-state index contributed by atoms with van der Waals surface area (Å²) in [6, 6.07) is 8.24. The van der Waals surface area contributed by atoms with Crippen LogP contribution in [0.5, 0.6) is 5.75 Å². The Morgan fingerprint density at radius 1 is 1.21 bits per heavy atom. The summed E-state index contributed by atoms with van der Waals surface area (Å²) >= 11 is 1.80. The van der Waals surface area contributed by atoms with Crippen LogP contribution in [-0.2, 0) is 12.8 Å². The minimum absolute atomic E-state index is 0.770. The number of benzene rings is 1. The number of para-hydroxylation sites is 2. The van der Waals surface area contributed by atoms with Crippen molar-refractivity contribution < 1.29 is 4.74 Å². The second kappa shape index (κ2) is 10.3. The fourth-order valence-corrected chi connectivity index (χ4v) is 4.21. The number of ether oxygens (including phenoxy) is 1. The molecule has 7 heteroatoms. The second-order valence-corrected chi connectivity index (χ2v) is 7.91. The van der Waals surface area contributed by atoms with E-state index in [4.69, 9.17) is 9.73 Å². The molecule has 152 valence electrons. The Labute approximate surface area is 172 Å². The van der Waals surface area contributed by atoms with Crippen LogP contribution in [0.15, 0.2) is 35.5 Å². The normalized spacial score (nSPS) is 15.0. The molecule has 0 aliphatic carbocycles. The molecule has 28 heavy (non-hydrogen) atoms. The van der Waals surface area contributed by atoms with E-state index in [0.717, 1.165) is 63.8 Å². The number of hydrogen-bond donors (Lipinski definition) is 1. The molecule has 0 unspecified atom stereocenters. The summed E-state index contributed by atoms with van der Waals surface area (Å²) in [5.41, 5.74) is 1.17. The molecule has 0 bridgehead atoms. The first-order valence-electron chi connectivity index (χ1n) is 10.1. The van der Waals surface area contributed by atoms with E-state index < -0.39 is 0 Å². The lowest BCUT2D eigenvalue weighted by molar-refractivity contribution is 0.367. The zero-order valence-corrected chi connectivity index (χ0v) is 18.0. The molecule has 1 aliphatic rings. The fourth-order valence-electron chi connectivity index (χ4n) is 3.36. The smallest absolute Gasteiger partial charge is 0.194 e. The average Bonchev–Trinajstić information content (AvgIpc) is 3.21. The lowest BCUT2D eigenvalue weighted by Gasteiger charge is -2.38.